The molecule has 0 radical (unpaired) electrons. The highest BCUT2D eigenvalue weighted by molar-refractivity contribution is 6.00. The molecule has 3 aromatic rings. The molecule has 1 fully saturated rings. The molecule has 2 unspecified atom stereocenters. The highest BCUT2D eigenvalue weighted by atomic mass is 16.6. The van der Waals surface area contributed by atoms with Crippen molar-refractivity contribution >= 4 is 11.9 Å². The van der Waals surface area contributed by atoms with Crippen LogP contribution in [0.3, 0.4) is 0 Å². The third-order valence-electron chi connectivity index (χ3n) is 8.67. The zero-order valence-electron chi connectivity index (χ0n) is 27.3. The van der Waals surface area contributed by atoms with Crippen molar-refractivity contribution in [1.82, 2.24) is 15.1 Å². The van der Waals surface area contributed by atoms with Gasteiger partial charge < -0.3 is 14.8 Å². The second-order valence-corrected chi connectivity index (χ2v) is 12.2. The van der Waals surface area contributed by atoms with Gasteiger partial charge in [0.1, 0.15) is 0 Å². The molecule has 238 valence electrons. The molecule has 0 amide bonds. The van der Waals surface area contributed by atoms with Crippen LogP contribution in [0.15, 0.2) is 107 Å². The monoisotopic (exact) mass is 617 g/mol. The van der Waals surface area contributed by atoms with Gasteiger partial charge in [-0.3, -0.25) is 9.80 Å². The number of benzene rings is 3. The van der Waals surface area contributed by atoms with Crippen LogP contribution < -0.4 is 5.32 Å². The lowest BCUT2D eigenvalue weighted by Gasteiger charge is -2.41. The summed E-state index contributed by atoms with van der Waals surface area (Å²) in [5.41, 5.74) is 5.90. The zero-order chi connectivity index (χ0) is 32.8. The maximum Gasteiger partial charge on any atom is 0.338 e. The Kier molecular flexibility index (Phi) is 10.4. The second kappa shape index (κ2) is 14.6. The molecule has 7 heteroatoms. The fraction of sp³-hybridized carbons (Fsp3) is 0.333. The number of nitrogens with one attached hydrogen (secondary N) is 1. The zero-order valence-corrected chi connectivity index (χ0v) is 27.3. The van der Waals surface area contributed by atoms with Gasteiger partial charge in [-0.25, -0.2) is 9.59 Å². The largest absolute Gasteiger partial charge is 0.460 e. The van der Waals surface area contributed by atoms with Crippen LogP contribution in [0.5, 0.6) is 0 Å². The molecule has 1 N–H and O–H groups in total. The maximum absolute atomic E-state index is 14.1. The third kappa shape index (κ3) is 7.25. The van der Waals surface area contributed by atoms with Gasteiger partial charge >= 0.3 is 11.9 Å². The van der Waals surface area contributed by atoms with Crippen molar-refractivity contribution < 1.29 is 19.1 Å². The van der Waals surface area contributed by atoms with E-state index in [1.54, 1.807) is 13.8 Å². The molecule has 2 aliphatic heterocycles. The van der Waals surface area contributed by atoms with E-state index in [-0.39, 0.29) is 12.1 Å². The van der Waals surface area contributed by atoms with Crippen LogP contribution in [0.1, 0.15) is 68.8 Å². The number of esters is 2. The molecule has 2 heterocycles. The Balaban J connectivity index is 1.35. The first-order valence-electron chi connectivity index (χ1n) is 15.9. The molecule has 1 saturated heterocycles. The predicted molar refractivity (Wildman–Crippen MR) is 180 cm³/mol. The fourth-order valence-corrected chi connectivity index (χ4v) is 6.49. The minimum Gasteiger partial charge on any atom is -0.460 e. The van der Waals surface area contributed by atoms with E-state index >= 15 is 0 Å². The lowest BCUT2D eigenvalue weighted by atomic mass is 9.80. The fourth-order valence-electron chi connectivity index (χ4n) is 6.49. The molecule has 0 aliphatic carbocycles. The molecule has 0 aromatic heterocycles. The van der Waals surface area contributed by atoms with Gasteiger partial charge in [0, 0.05) is 43.1 Å². The number of ether oxygens (including phenoxy) is 2. The summed E-state index contributed by atoms with van der Waals surface area (Å²) in [5, 5.41) is 3.24. The van der Waals surface area contributed by atoms with E-state index in [2.05, 4.69) is 69.6 Å². The lowest BCUT2D eigenvalue weighted by Crippen LogP contribution is -2.51. The number of terminal acetylenes is 1. The van der Waals surface area contributed by atoms with Crippen molar-refractivity contribution in [2.75, 3.05) is 26.2 Å². The van der Waals surface area contributed by atoms with Crippen LogP contribution in [0.25, 0.3) is 0 Å². The highest BCUT2D eigenvalue weighted by Gasteiger charge is 2.39. The van der Waals surface area contributed by atoms with Crippen molar-refractivity contribution in [2.24, 2.45) is 0 Å². The molecule has 5 rings (SSSR count). The number of carbonyl (C=O) groups excluding carboxylic acids is 2. The van der Waals surface area contributed by atoms with Crippen LogP contribution in [-0.4, -0.2) is 60.2 Å². The van der Waals surface area contributed by atoms with Gasteiger partial charge in [0.15, 0.2) is 6.23 Å². The van der Waals surface area contributed by atoms with E-state index < -0.39 is 24.1 Å². The van der Waals surface area contributed by atoms with E-state index in [1.165, 1.54) is 11.1 Å². The van der Waals surface area contributed by atoms with Gasteiger partial charge in [-0.2, -0.15) is 0 Å². The number of dihydropyridines is 1. The smallest absolute Gasteiger partial charge is 0.338 e. The van der Waals surface area contributed by atoms with E-state index in [1.807, 2.05) is 57.2 Å². The van der Waals surface area contributed by atoms with Gasteiger partial charge in [0.25, 0.3) is 0 Å². The summed E-state index contributed by atoms with van der Waals surface area (Å²) in [7, 11) is 0. The number of hydrogen-bond donors (Lipinski definition) is 1. The minimum absolute atomic E-state index is 0.141. The van der Waals surface area contributed by atoms with Gasteiger partial charge in [-0.05, 0) is 63.4 Å². The van der Waals surface area contributed by atoms with E-state index in [4.69, 9.17) is 15.9 Å². The van der Waals surface area contributed by atoms with Crippen LogP contribution in [0.2, 0.25) is 0 Å². The first-order valence-corrected chi connectivity index (χ1v) is 15.9. The average molecular weight is 618 g/mol. The van der Waals surface area contributed by atoms with Crippen molar-refractivity contribution in [1.29, 1.82) is 0 Å². The molecule has 3 aromatic carbocycles. The summed E-state index contributed by atoms with van der Waals surface area (Å²) in [6.07, 6.45) is 4.92. The Labute approximate surface area is 272 Å². The summed E-state index contributed by atoms with van der Waals surface area (Å²) >= 11 is 0. The number of carbonyl (C=O) groups is 2. The summed E-state index contributed by atoms with van der Waals surface area (Å²) in [6.45, 7) is 12.3. The molecular formula is C39H43N3O4. The second-order valence-electron chi connectivity index (χ2n) is 12.2. The summed E-state index contributed by atoms with van der Waals surface area (Å²) in [4.78, 5) is 32.2. The van der Waals surface area contributed by atoms with Crippen molar-refractivity contribution in [3.63, 3.8) is 0 Å². The number of nitrogens with zero attached hydrogens (tertiary/aromatic N) is 2. The Morgan fingerprint density at radius 1 is 0.761 bits per heavy atom. The van der Waals surface area contributed by atoms with Crippen molar-refractivity contribution in [2.45, 2.75) is 58.9 Å². The van der Waals surface area contributed by atoms with Crippen molar-refractivity contribution in [3.8, 4) is 12.3 Å². The predicted octanol–water partition coefficient (Wildman–Crippen LogP) is 6.15. The van der Waals surface area contributed by atoms with Gasteiger partial charge in [-0.15, -0.1) is 6.42 Å². The number of rotatable bonds is 9. The molecular weight excluding hydrogens is 574 g/mol. The molecule has 2 atom stereocenters. The normalized spacial score (nSPS) is 18.3. The molecule has 7 nitrogen and oxygen atoms in total. The molecule has 46 heavy (non-hydrogen) atoms. The van der Waals surface area contributed by atoms with Gasteiger partial charge in [0.05, 0.1) is 29.2 Å². The number of allylic oxidation sites excluding steroid dienone is 2. The first kappa shape index (κ1) is 32.7. The van der Waals surface area contributed by atoms with Gasteiger partial charge in [0.2, 0.25) is 0 Å². The van der Waals surface area contributed by atoms with Crippen LogP contribution in [-0.2, 0) is 19.1 Å². The highest BCUT2D eigenvalue weighted by Crippen LogP contribution is 2.40. The Morgan fingerprint density at radius 2 is 1.28 bits per heavy atom. The lowest BCUT2D eigenvalue weighted by molar-refractivity contribution is -0.155. The van der Waals surface area contributed by atoms with Crippen LogP contribution >= 0.6 is 0 Å². The summed E-state index contributed by atoms with van der Waals surface area (Å²) < 4.78 is 11.8. The first-order chi connectivity index (χ1) is 22.2. The standard InChI is InChI=1S/C39H43N3O4/c1-7-30-15-14-20-33(25-30)36-34(38(43)45-26(2)3)27(4)40-28(5)35(36)39(44)46-29(6)41-21-23-42(24-22-41)37(31-16-10-8-11-17-31)32-18-12-9-13-19-32/h1,8-20,25-26,29,36-37,40H,21-24H2,2-6H3. The van der Waals surface area contributed by atoms with E-state index in [0.717, 1.165) is 31.7 Å². The van der Waals surface area contributed by atoms with Crippen molar-refractivity contribution in [3.05, 3.63) is 130 Å². The topological polar surface area (TPSA) is 71.1 Å². The maximum atomic E-state index is 14.1. The van der Waals surface area contributed by atoms with Crippen LogP contribution in [0.4, 0.5) is 0 Å². The van der Waals surface area contributed by atoms with E-state index in [0.29, 0.717) is 28.1 Å². The quantitative estimate of drug-likeness (QED) is 0.228. The molecule has 0 saturated carbocycles. The molecule has 2 aliphatic rings. The Hall–Kier alpha value is -4.64. The average Bonchev–Trinajstić information content (AvgIpc) is 3.05. The Morgan fingerprint density at radius 3 is 1.80 bits per heavy atom. The summed E-state index contributed by atoms with van der Waals surface area (Å²) in [6, 6.07) is 28.7. The van der Waals surface area contributed by atoms with Crippen LogP contribution in [0, 0.1) is 12.3 Å². The third-order valence-corrected chi connectivity index (χ3v) is 8.67. The van der Waals surface area contributed by atoms with Gasteiger partial charge in [-0.1, -0.05) is 78.7 Å². The van der Waals surface area contributed by atoms with E-state index in [9.17, 15) is 9.59 Å². The molecule has 0 spiro atoms. The summed E-state index contributed by atoms with van der Waals surface area (Å²) in [5.74, 6) is 1.00. The molecule has 0 bridgehead atoms. The SMILES string of the molecule is C#Cc1cccc(C2C(C(=O)OC(C)C)=C(C)NC(C)=C2C(=O)OC(C)N2CCN(C(c3ccccc3)c3ccccc3)CC2)c1. The number of hydrogen-bond acceptors (Lipinski definition) is 7. The minimum atomic E-state index is -0.699. The Bertz CT molecular complexity index is 1610. The number of piperazine rings is 1.